The summed E-state index contributed by atoms with van der Waals surface area (Å²) >= 11 is 0. The van der Waals surface area contributed by atoms with Crippen molar-refractivity contribution >= 4 is 22.7 Å². The largest absolute Gasteiger partial charge is 0.497 e. The summed E-state index contributed by atoms with van der Waals surface area (Å²) in [6, 6.07) is 14.7. The van der Waals surface area contributed by atoms with Gasteiger partial charge in [-0.15, -0.1) is 0 Å². The standard InChI is InChI=1S/C21H21NO4/c1-14(21(24)15-7-10-17(25-2)11-8-15)26-20(23)12-9-16-13-22-19-6-4-3-5-18(16)19/h3-8,10-11,13-14,22H,9,12H2,1-2H3/t14-/m0/s1. The van der Waals surface area contributed by atoms with Crippen LogP contribution in [0.5, 0.6) is 5.75 Å². The molecule has 1 aromatic heterocycles. The molecule has 0 saturated heterocycles. The second-order valence-electron chi connectivity index (χ2n) is 6.08. The Morgan fingerprint density at radius 3 is 2.54 bits per heavy atom. The number of aromatic nitrogens is 1. The zero-order chi connectivity index (χ0) is 18.5. The predicted octanol–water partition coefficient (Wildman–Crippen LogP) is 3.92. The second-order valence-corrected chi connectivity index (χ2v) is 6.08. The number of aromatic amines is 1. The first-order valence-electron chi connectivity index (χ1n) is 8.51. The van der Waals surface area contributed by atoms with Crippen LogP contribution in [0.3, 0.4) is 0 Å². The number of rotatable bonds is 7. The third kappa shape index (κ3) is 3.94. The van der Waals surface area contributed by atoms with Gasteiger partial charge in [-0.3, -0.25) is 9.59 Å². The van der Waals surface area contributed by atoms with Gasteiger partial charge >= 0.3 is 5.97 Å². The van der Waals surface area contributed by atoms with Crippen LogP contribution in [0.4, 0.5) is 0 Å². The predicted molar refractivity (Wildman–Crippen MR) is 99.5 cm³/mol. The summed E-state index contributed by atoms with van der Waals surface area (Å²) in [7, 11) is 1.56. The van der Waals surface area contributed by atoms with E-state index in [-0.39, 0.29) is 18.2 Å². The molecule has 0 bridgehead atoms. The number of fused-ring (bicyclic) bond motifs is 1. The van der Waals surface area contributed by atoms with Gasteiger partial charge in [0, 0.05) is 29.1 Å². The second kappa shape index (κ2) is 7.87. The van der Waals surface area contributed by atoms with Gasteiger partial charge in [0.05, 0.1) is 7.11 Å². The molecule has 1 N–H and O–H groups in total. The molecule has 5 nitrogen and oxygen atoms in total. The van der Waals surface area contributed by atoms with Crippen molar-refractivity contribution in [1.29, 1.82) is 0 Å². The lowest BCUT2D eigenvalue weighted by Gasteiger charge is -2.12. The minimum absolute atomic E-state index is 0.224. The Hall–Kier alpha value is -3.08. The highest BCUT2D eigenvalue weighted by Crippen LogP contribution is 2.19. The SMILES string of the molecule is COc1ccc(C(=O)[C@H](C)OC(=O)CCc2c[nH]c3ccccc23)cc1. The van der Waals surface area contributed by atoms with E-state index in [1.54, 1.807) is 38.3 Å². The average molecular weight is 351 g/mol. The summed E-state index contributed by atoms with van der Waals surface area (Å²) in [6.07, 6.45) is 1.87. The molecule has 0 radical (unpaired) electrons. The van der Waals surface area contributed by atoms with E-state index in [4.69, 9.17) is 9.47 Å². The summed E-state index contributed by atoms with van der Waals surface area (Å²) in [5.41, 5.74) is 2.59. The lowest BCUT2D eigenvalue weighted by Crippen LogP contribution is -2.24. The maximum Gasteiger partial charge on any atom is 0.306 e. The minimum Gasteiger partial charge on any atom is -0.497 e. The molecule has 0 amide bonds. The molecule has 0 aliphatic heterocycles. The third-order valence-corrected chi connectivity index (χ3v) is 4.33. The van der Waals surface area contributed by atoms with Crippen LogP contribution in [0.15, 0.2) is 54.7 Å². The fraction of sp³-hybridized carbons (Fsp3) is 0.238. The number of hydrogen-bond acceptors (Lipinski definition) is 4. The molecule has 0 saturated carbocycles. The molecule has 3 rings (SSSR count). The summed E-state index contributed by atoms with van der Waals surface area (Å²) in [5, 5.41) is 1.10. The molecule has 1 atom stereocenters. The highest BCUT2D eigenvalue weighted by Gasteiger charge is 2.19. The summed E-state index contributed by atoms with van der Waals surface area (Å²) < 4.78 is 10.4. The average Bonchev–Trinajstić information content (AvgIpc) is 3.09. The minimum atomic E-state index is -0.820. The molecule has 0 fully saturated rings. The number of nitrogens with one attached hydrogen (secondary N) is 1. The van der Waals surface area contributed by atoms with E-state index in [1.807, 2.05) is 30.5 Å². The van der Waals surface area contributed by atoms with Crippen LogP contribution in [0, 0.1) is 0 Å². The summed E-state index contributed by atoms with van der Waals surface area (Å²) in [6.45, 7) is 1.59. The van der Waals surface area contributed by atoms with E-state index >= 15 is 0 Å². The molecular weight excluding hydrogens is 330 g/mol. The lowest BCUT2D eigenvalue weighted by atomic mass is 10.1. The Morgan fingerprint density at radius 1 is 1.08 bits per heavy atom. The van der Waals surface area contributed by atoms with Crippen LogP contribution in [-0.4, -0.2) is 30.0 Å². The van der Waals surface area contributed by atoms with Crippen LogP contribution in [0.1, 0.15) is 29.3 Å². The maximum atomic E-state index is 12.4. The summed E-state index contributed by atoms with van der Waals surface area (Å²) in [4.78, 5) is 27.7. The van der Waals surface area contributed by atoms with Gasteiger partial charge in [0.2, 0.25) is 5.78 Å². The zero-order valence-electron chi connectivity index (χ0n) is 14.8. The number of benzene rings is 2. The van der Waals surface area contributed by atoms with Gasteiger partial charge in [0.15, 0.2) is 6.10 Å². The normalized spacial score (nSPS) is 11.9. The number of methoxy groups -OCH3 is 1. The first-order valence-corrected chi connectivity index (χ1v) is 8.51. The quantitative estimate of drug-likeness (QED) is 0.517. The van der Waals surface area contributed by atoms with Gasteiger partial charge in [0.25, 0.3) is 0 Å². The monoisotopic (exact) mass is 351 g/mol. The smallest absolute Gasteiger partial charge is 0.306 e. The molecule has 3 aromatic rings. The number of carbonyl (C=O) groups is 2. The van der Waals surface area contributed by atoms with Crippen LogP contribution in [-0.2, 0) is 16.0 Å². The molecule has 1 heterocycles. The number of Topliss-reactive ketones (excluding diaryl/α,β-unsaturated/α-hetero) is 1. The van der Waals surface area contributed by atoms with Gasteiger partial charge < -0.3 is 14.5 Å². The van der Waals surface area contributed by atoms with Crippen molar-refractivity contribution in [3.8, 4) is 5.75 Å². The van der Waals surface area contributed by atoms with E-state index in [1.165, 1.54) is 0 Å². The highest BCUT2D eigenvalue weighted by atomic mass is 16.5. The first-order chi connectivity index (χ1) is 12.6. The summed E-state index contributed by atoms with van der Waals surface area (Å²) in [5.74, 6) is 0.0580. The van der Waals surface area contributed by atoms with Crippen LogP contribution < -0.4 is 4.74 Å². The number of esters is 1. The highest BCUT2D eigenvalue weighted by molar-refractivity contribution is 6.00. The van der Waals surface area contributed by atoms with Crippen molar-refractivity contribution in [2.45, 2.75) is 25.9 Å². The van der Waals surface area contributed by atoms with Crippen LogP contribution >= 0.6 is 0 Å². The number of para-hydroxylation sites is 1. The Balaban J connectivity index is 1.56. The molecular formula is C21H21NO4. The molecule has 2 aromatic carbocycles. The maximum absolute atomic E-state index is 12.4. The molecule has 0 unspecified atom stereocenters. The van der Waals surface area contributed by atoms with Crippen molar-refractivity contribution in [1.82, 2.24) is 4.98 Å². The molecule has 26 heavy (non-hydrogen) atoms. The Bertz CT molecular complexity index is 911. The van der Waals surface area contributed by atoms with Gasteiger partial charge in [-0.25, -0.2) is 0 Å². The van der Waals surface area contributed by atoms with Gasteiger partial charge in [0.1, 0.15) is 5.75 Å². The zero-order valence-corrected chi connectivity index (χ0v) is 14.8. The number of ether oxygens (including phenoxy) is 2. The fourth-order valence-electron chi connectivity index (χ4n) is 2.87. The van der Waals surface area contributed by atoms with Gasteiger partial charge in [-0.05, 0) is 49.2 Å². The van der Waals surface area contributed by atoms with E-state index in [2.05, 4.69) is 4.98 Å². The van der Waals surface area contributed by atoms with Crippen LogP contribution in [0.25, 0.3) is 10.9 Å². The molecule has 0 aliphatic rings. The number of ketones is 1. The van der Waals surface area contributed by atoms with Crippen molar-refractivity contribution < 1.29 is 19.1 Å². The van der Waals surface area contributed by atoms with E-state index in [9.17, 15) is 9.59 Å². The van der Waals surface area contributed by atoms with Crippen molar-refractivity contribution in [3.63, 3.8) is 0 Å². The Kier molecular flexibility index (Phi) is 5.37. The van der Waals surface area contributed by atoms with Gasteiger partial charge in [-0.2, -0.15) is 0 Å². The number of aryl methyl sites for hydroxylation is 1. The van der Waals surface area contributed by atoms with Gasteiger partial charge in [-0.1, -0.05) is 18.2 Å². The third-order valence-electron chi connectivity index (χ3n) is 4.33. The molecule has 0 spiro atoms. The molecule has 5 heteroatoms. The number of H-pyrrole nitrogens is 1. The van der Waals surface area contributed by atoms with Crippen molar-refractivity contribution in [2.75, 3.05) is 7.11 Å². The fourth-order valence-corrected chi connectivity index (χ4v) is 2.87. The Labute approximate surface area is 151 Å². The van der Waals surface area contributed by atoms with E-state index in [0.29, 0.717) is 17.7 Å². The van der Waals surface area contributed by atoms with Crippen molar-refractivity contribution in [3.05, 3.63) is 65.9 Å². The molecule has 0 aliphatic carbocycles. The van der Waals surface area contributed by atoms with Crippen LogP contribution in [0.2, 0.25) is 0 Å². The Morgan fingerprint density at radius 2 is 1.81 bits per heavy atom. The lowest BCUT2D eigenvalue weighted by molar-refractivity contribution is -0.146. The number of hydrogen-bond donors (Lipinski definition) is 1. The van der Waals surface area contributed by atoms with E-state index in [0.717, 1.165) is 16.5 Å². The number of carbonyl (C=O) groups excluding carboxylic acids is 2. The first kappa shape index (κ1) is 17.7. The van der Waals surface area contributed by atoms with Crippen molar-refractivity contribution in [2.24, 2.45) is 0 Å². The topological polar surface area (TPSA) is 68.4 Å². The van der Waals surface area contributed by atoms with E-state index < -0.39 is 6.10 Å². The molecule has 134 valence electrons.